The van der Waals surface area contributed by atoms with E-state index in [1.807, 2.05) is 51.1 Å². The fourth-order valence-corrected chi connectivity index (χ4v) is 4.12. The predicted molar refractivity (Wildman–Crippen MR) is 136 cm³/mol. The van der Waals surface area contributed by atoms with Gasteiger partial charge in [0.05, 0.1) is 12.9 Å². The number of amides is 1. The zero-order valence-corrected chi connectivity index (χ0v) is 19.8. The number of anilines is 1. The number of carbonyl (C=O) groups excluding carboxylic acids is 1. The van der Waals surface area contributed by atoms with Crippen LogP contribution in [0.2, 0.25) is 0 Å². The van der Waals surface area contributed by atoms with Crippen LogP contribution in [0.25, 0.3) is 27.7 Å². The number of allylic oxidation sites excluding steroid dienone is 1. The highest BCUT2D eigenvalue weighted by molar-refractivity contribution is 6.05. The molecule has 0 aliphatic heterocycles. The third kappa shape index (κ3) is 4.70. The minimum Gasteiger partial charge on any atom is -0.493 e. The van der Waals surface area contributed by atoms with Gasteiger partial charge in [-0.2, -0.15) is 0 Å². The monoisotopic (exact) mass is 439 g/mol. The van der Waals surface area contributed by atoms with E-state index in [1.165, 1.54) is 11.1 Å². The second kappa shape index (κ2) is 9.37. The zero-order valence-electron chi connectivity index (χ0n) is 19.8. The summed E-state index contributed by atoms with van der Waals surface area (Å²) in [4.78, 5) is 12.7. The van der Waals surface area contributed by atoms with Gasteiger partial charge in [-0.05, 0) is 69.0 Å². The average molecular weight is 440 g/mol. The van der Waals surface area contributed by atoms with Crippen molar-refractivity contribution in [1.82, 2.24) is 0 Å². The lowest BCUT2D eigenvalue weighted by molar-refractivity contribution is -0.111. The van der Waals surface area contributed by atoms with Gasteiger partial charge >= 0.3 is 0 Å². The highest BCUT2D eigenvalue weighted by Gasteiger charge is 2.16. The van der Waals surface area contributed by atoms with Crippen molar-refractivity contribution in [2.24, 2.45) is 0 Å². The van der Waals surface area contributed by atoms with Gasteiger partial charge < -0.3 is 14.5 Å². The molecule has 1 amide bonds. The van der Waals surface area contributed by atoms with Crippen LogP contribution in [0, 0.1) is 20.8 Å². The number of furan rings is 1. The van der Waals surface area contributed by atoms with Crippen molar-refractivity contribution in [2.45, 2.75) is 34.6 Å². The standard InChI is InChI=1S/C29H29NO3/c1-6-32-27-16-28-24(25(17-33-28)22-12-11-18(2)13-20(22)4)15-23(27)21(5)14-29(31)30-26-10-8-7-9-19(26)3/h7-17H,6H2,1-5H3,(H,30,31)/b21-14+. The molecular formula is C29H29NO3. The van der Waals surface area contributed by atoms with Gasteiger partial charge in [0.15, 0.2) is 0 Å². The number of aryl methyl sites for hydroxylation is 3. The van der Waals surface area contributed by atoms with Gasteiger partial charge in [-0.1, -0.05) is 42.0 Å². The molecule has 0 fully saturated rings. The van der Waals surface area contributed by atoms with E-state index in [1.54, 1.807) is 12.3 Å². The zero-order chi connectivity index (χ0) is 23.5. The number of carbonyl (C=O) groups is 1. The Labute approximate surface area is 194 Å². The Balaban J connectivity index is 1.76. The molecule has 1 aromatic heterocycles. The Bertz CT molecular complexity index is 1360. The summed E-state index contributed by atoms with van der Waals surface area (Å²) in [7, 11) is 0. The molecule has 4 aromatic rings. The van der Waals surface area contributed by atoms with Crippen LogP contribution >= 0.6 is 0 Å². The van der Waals surface area contributed by atoms with Crippen molar-refractivity contribution in [2.75, 3.05) is 11.9 Å². The van der Waals surface area contributed by atoms with Crippen LogP contribution < -0.4 is 10.1 Å². The van der Waals surface area contributed by atoms with E-state index in [-0.39, 0.29) is 5.91 Å². The lowest BCUT2D eigenvalue weighted by Gasteiger charge is -2.12. The summed E-state index contributed by atoms with van der Waals surface area (Å²) in [6.07, 6.45) is 3.42. The van der Waals surface area contributed by atoms with E-state index in [9.17, 15) is 4.79 Å². The Morgan fingerprint density at radius 2 is 1.79 bits per heavy atom. The number of ether oxygens (including phenoxy) is 1. The summed E-state index contributed by atoms with van der Waals surface area (Å²) in [6.45, 7) is 10.6. The van der Waals surface area contributed by atoms with Crippen LogP contribution in [0.1, 0.15) is 36.1 Å². The number of nitrogens with one attached hydrogen (secondary N) is 1. The maximum Gasteiger partial charge on any atom is 0.248 e. The highest BCUT2D eigenvalue weighted by Crippen LogP contribution is 2.38. The lowest BCUT2D eigenvalue weighted by atomic mass is 9.96. The third-order valence-electron chi connectivity index (χ3n) is 5.82. The van der Waals surface area contributed by atoms with Gasteiger partial charge in [0.1, 0.15) is 11.3 Å². The Morgan fingerprint density at radius 3 is 2.52 bits per heavy atom. The normalized spacial score (nSPS) is 11.6. The van der Waals surface area contributed by atoms with E-state index in [0.717, 1.165) is 44.5 Å². The molecular weight excluding hydrogens is 410 g/mol. The van der Waals surface area contributed by atoms with Crippen molar-refractivity contribution in [1.29, 1.82) is 0 Å². The first kappa shape index (κ1) is 22.4. The van der Waals surface area contributed by atoms with E-state index < -0.39 is 0 Å². The number of rotatable bonds is 6. The molecule has 0 atom stereocenters. The van der Waals surface area contributed by atoms with Gasteiger partial charge in [0, 0.05) is 34.3 Å². The fraction of sp³-hybridized carbons (Fsp3) is 0.207. The summed E-state index contributed by atoms with van der Waals surface area (Å²) < 4.78 is 11.8. The maximum absolute atomic E-state index is 12.7. The van der Waals surface area contributed by atoms with Gasteiger partial charge in [0.2, 0.25) is 5.91 Å². The van der Waals surface area contributed by atoms with Gasteiger partial charge in [-0.25, -0.2) is 0 Å². The summed E-state index contributed by atoms with van der Waals surface area (Å²) >= 11 is 0. The topological polar surface area (TPSA) is 51.5 Å². The Hall–Kier alpha value is -3.79. The van der Waals surface area contributed by atoms with E-state index in [2.05, 4.69) is 43.4 Å². The first-order valence-corrected chi connectivity index (χ1v) is 11.2. The molecule has 3 aromatic carbocycles. The van der Waals surface area contributed by atoms with E-state index in [0.29, 0.717) is 12.4 Å². The summed E-state index contributed by atoms with van der Waals surface area (Å²) in [5, 5.41) is 3.96. The minimum absolute atomic E-state index is 0.175. The number of hydrogen-bond donors (Lipinski definition) is 1. The second-order valence-electron chi connectivity index (χ2n) is 8.38. The molecule has 1 N–H and O–H groups in total. The first-order valence-electron chi connectivity index (χ1n) is 11.2. The van der Waals surface area contributed by atoms with Crippen molar-refractivity contribution < 1.29 is 13.9 Å². The molecule has 0 aliphatic rings. The molecule has 33 heavy (non-hydrogen) atoms. The molecule has 168 valence electrons. The number of para-hydroxylation sites is 1. The molecule has 1 heterocycles. The van der Waals surface area contributed by atoms with Gasteiger partial charge in [0.25, 0.3) is 0 Å². The predicted octanol–water partition coefficient (Wildman–Crippen LogP) is 7.47. The van der Waals surface area contributed by atoms with Gasteiger partial charge in [-0.15, -0.1) is 0 Å². The molecule has 0 saturated carbocycles. The molecule has 0 aliphatic carbocycles. The largest absolute Gasteiger partial charge is 0.493 e. The molecule has 4 nitrogen and oxygen atoms in total. The molecule has 0 spiro atoms. The van der Waals surface area contributed by atoms with Crippen molar-refractivity contribution in [3.63, 3.8) is 0 Å². The van der Waals surface area contributed by atoms with Crippen LogP contribution in [-0.4, -0.2) is 12.5 Å². The van der Waals surface area contributed by atoms with Crippen molar-refractivity contribution >= 4 is 28.1 Å². The van der Waals surface area contributed by atoms with Crippen molar-refractivity contribution in [3.05, 3.63) is 89.2 Å². The third-order valence-corrected chi connectivity index (χ3v) is 5.82. The van der Waals surface area contributed by atoms with E-state index >= 15 is 0 Å². The SMILES string of the molecule is CCOc1cc2occ(-c3ccc(C)cc3C)c2cc1/C(C)=C/C(=O)Nc1ccccc1C. The van der Waals surface area contributed by atoms with Crippen LogP contribution in [0.3, 0.4) is 0 Å². The average Bonchev–Trinajstić information content (AvgIpc) is 3.17. The summed E-state index contributed by atoms with van der Waals surface area (Å²) in [6, 6.07) is 18.1. The molecule has 0 saturated heterocycles. The number of fused-ring (bicyclic) bond motifs is 1. The molecule has 4 heteroatoms. The first-order chi connectivity index (χ1) is 15.9. The summed E-state index contributed by atoms with van der Waals surface area (Å²) in [5.41, 5.74) is 8.85. The Kier molecular flexibility index (Phi) is 6.36. The fourth-order valence-electron chi connectivity index (χ4n) is 4.12. The van der Waals surface area contributed by atoms with Crippen LogP contribution in [-0.2, 0) is 4.79 Å². The molecule has 0 unspecified atom stereocenters. The van der Waals surface area contributed by atoms with E-state index in [4.69, 9.17) is 9.15 Å². The van der Waals surface area contributed by atoms with Crippen LogP contribution in [0.5, 0.6) is 5.75 Å². The second-order valence-corrected chi connectivity index (χ2v) is 8.38. The molecule has 0 bridgehead atoms. The summed E-state index contributed by atoms with van der Waals surface area (Å²) in [5.74, 6) is 0.523. The maximum atomic E-state index is 12.7. The molecule has 0 radical (unpaired) electrons. The molecule has 4 rings (SSSR count). The van der Waals surface area contributed by atoms with Crippen molar-refractivity contribution in [3.8, 4) is 16.9 Å². The lowest BCUT2D eigenvalue weighted by Crippen LogP contribution is -2.09. The highest BCUT2D eigenvalue weighted by atomic mass is 16.5. The van der Waals surface area contributed by atoms with Crippen LogP contribution in [0.4, 0.5) is 5.69 Å². The number of hydrogen-bond acceptors (Lipinski definition) is 3. The smallest absolute Gasteiger partial charge is 0.248 e. The quantitative estimate of drug-likeness (QED) is 0.317. The Morgan fingerprint density at radius 1 is 1.00 bits per heavy atom. The minimum atomic E-state index is -0.175. The number of benzene rings is 3. The van der Waals surface area contributed by atoms with Gasteiger partial charge in [-0.3, -0.25) is 4.79 Å². The van der Waals surface area contributed by atoms with Crippen LogP contribution in [0.15, 0.2) is 71.4 Å².